The highest BCUT2D eigenvalue weighted by atomic mass is 16.6. The van der Waals surface area contributed by atoms with Crippen molar-refractivity contribution in [2.45, 2.75) is 72.1 Å². The van der Waals surface area contributed by atoms with Gasteiger partial charge in [0, 0.05) is 5.57 Å². The third kappa shape index (κ3) is 16.3. The Hall–Kier alpha value is -1.25. The Morgan fingerprint density at radius 3 is 1.52 bits per heavy atom. The topological polar surface area (TPSA) is 72.5 Å². The molecular weight excluding hydrogens is 376 g/mol. The molecule has 0 aromatic heterocycles. The van der Waals surface area contributed by atoms with Crippen LogP contribution in [0.15, 0.2) is 24.8 Å². The molecule has 0 aliphatic heterocycles. The molecule has 0 saturated carbocycles. The van der Waals surface area contributed by atoms with Gasteiger partial charge in [0.15, 0.2) is 0 Å². The first-order chi connectivity index (χ1) is 13.6. The summed E-state index contributed by atoms with van der Waals surface area (Å²) in [5.41, 5.74) is 0.372. The fourth-order valence-electron chi connectivity index (χ4n) is 2.03. The molecular formula is C22H40O7. The van der Waals surface area contributed by atoms with Crippen molar-refractivity contribution in [3.05, 3.63) is 24.8 Å². The van der Waals surface area contributed by atoms with E-state index in [1.54, 1.807) is 19.9 Å². The van der Waals surface area contributed by atoms with Gasteiger partial charge in [0.05, 0.1) is 64.1 Å². The highest BCUT2D eigenvalue weighted by Gasteiger charge is 2.14. The van der Waals surface area contributed by atoms with Crippen LogP contribution in [0, 0.1) is 0 Å². The summed E-state index contributed by atoms with van der Waals surface area (Å²) in [5.74, 6) is -0.410. The van der Waals surface area contributed by atoms with Crippen molar-refractivity contribution in [1.29, 1.82) is 0 Å². The van der Waals surface area contributed by atoms with Gasteiger partial charge >= 0.3 is 5.97 Å². The molecule has 0 bridgehead atoms. The zero-order valence-corrected chi connectivity index (χ0v) is 19.0. The summed E-state index contributed by atoms with van der Waals surface area (Å²) in [7, 11) is 0. The van der Waals surface area contributed by atoms with Crippen LogP contribution in [0.5, 0.6) is 0 Å². The van der Waals surface area contributed by atoms with Gasteiger partial charge in [-0.25, -0.2) is 4.79 Å². The molecule has 0 aliphatic rings. The highest BCUT2D eigenvalue weighted by Crippen LogP contribution is 2.04. The van der Waals surface area contributed by atoms with Gasteiger partial charge in [-0.3, -0.25) is 0 Å². The summed E-state index contributed by atoms with van der Waals surface area (Å²) in [5, 5.41) is 0. The number of carbonyl (C=O) groups is 1. The molecule has 0 saturated heterocycles. The minimum absolute atomic E-state index is 0.00438. The molecule has 0 aromatic rings. The van der Waals surface area contributed by atoms with Crippen molar-refractivity contribution in [2.24, 2.45) is 0 Å². The molecule has 5 atom stereocenters. The summed E-state index contributed by atoms with van der Waals surface area (Å²) < 4.78 is 33.4. The normalized spacial score (nSPS) is 16.5. The van der Waals surface area contributed by atoms with Crippen LogP contribution < -0.4 is 0 Å². The number of hydrogen-bond donors (Lipinski definition) is 0. The quantitative estimate of drug-likeness (QED) is 0.147. The Labute approximate surface area is 176 Å². The Balaban J connectivity index is 3.83. The standard InChI is InChI=1S/C22H40O7/c1-9-10-24-11-17(4)25-12-18(5)26-13-19(6)27-14-20(7)28-15-21(8)29-22(23)16(2)3/h9,17-21H,1-2,10-15H2,3-8H3. The van der Waals surface area contributed by atoms with Crippen LogP contribution in [0.1, 0.15) is 41.5 Å². The highest BCUT2D eigenvalue weighted by molar-refractivity contribution is 5.87. The smallest absolute Gasteiger partial charge is 0.333 e. The molecule has 170 valence electrons. The fraction of sp³-hybridized carbons (Fsp3) is 0.773. The first kappa shape index (κ1) is 27.8. The Kier molecular flexibility index (Phi) is 15.8. The molecule has 0 rings (SSSR count). The van der Waals surface area contributed by atoms with Crippen LogP contribution in [-0.2, 0) is 33.2 Å². The first-order valence-electron chi connectivity index (χ1n) is 10.2. The van der Waals surface area contributed by atoms with E-state index in [4.69, 9.17) is 28.4 Å². The van der Waals surface area contributed by atoms with Crippen molar-refractivity contribution in [2.75, 3.05) is 39.6 Å². The van der Waals surface area contributed by atoms with E-state index in [1.807, 2.05) is 27.7 Å². The Morgan fingerprint density at radius 2 is 1.14 bits per heavy atom. The van der Waals surface area contributed by atoms with Crippen molar-refractivity contribution >= 4 is 5.97 Å². The molecule has 29 heavy (non-hydrogen) atoms. The largest absolute Gasteiger partial charge is 0.457 e. The maximum atomic E-state index is 11.4. The van der Waals surface area contributed by atoms with Crippen molar-refractivity contribution < 1.29 is 33.2 Å². The van der Waals surface area contributed by atoms with Gasteiger partial charge in [-0.05, 0) is 41.5 Å². The van der Waals surface area contributed by atoms with Crippen molar-refractivity contribution in [1.82, 2.24) is 0 Å². The zero-order valence-electron chi connectivity index (χ0n) is 19.0. The molecule has 0 N–H and O–H groups in total. The monoisotopic (exact) mass is 416 g/mol. The molecule has 7 nitrogen and oxygen atoms in total. The summed E-state index contributed by atoms with van der Waals surface area (Å²) in [6, 6.07) is 0. The SMILES string of the molecule is C=CCOCC(C)OCC(C)OCC(C)OCC(C)OCC(C)OC(=O)C(=C)C. The van der Waals surface area contributed by atoms with Gasteiger partial charge in [-0.2, -0.15) is 0 Å². The van der Waals surface area contributed by atoms with E-state index in [9.17, 15) is 4.79 Å². The van der Waals surface area contributed by atoms with Crippen LogP contribution >= 0.6 is 0 Å². The number of ether oxygens (including phenoxy) is 6. The van der Waals surface area contributed by atoms with E-state index in [2.05, 4.69) is 13.2 Å². The lowest BCUT2D eigenvalue weighted by molar-refractivity contribution is -0.148. The lowest BCUT2D eigenvalue weighted by atomic mass is 10.3. The van der Waals surface area contributed by atoms with Gasteiger partial charge in [0.1, 0.15) is 6.10 Å². The summed E-state index contributed by atoms with van der Waals surface area (Å²) >= 11 is 0. The molecule has 7 heteroatoms. The van der Waals surface area contributed by atoms with Crippen molar-refractivity contribution in [3.8, 4) is 0 Å². The maximum absolute atomic E-state index is 11.4. The van der Waals surface area contributed by atoms with Gasteiger partial charge in [-0.1, -0.05) is 12.7 Å². The predicted octanol–water partition coefficient (Wildman–Crippen LogP) is 3.32. The van der Waals surface area contributed by atoms with E-state index < -0.39 is 5.97 Å². The van der Waals surface area contributed by atoms with Gasteiger partial charge in [0.25, 0.3) is 0 Å². The van der Waals surface area contributed by atoms with Crippen LogP contribution in [0.25, 0.3) is 0 Å². The number of rotatable bonds is 18. The van der Waals surface area contributed by atoms with Gasteiger partial charge < -0.3 is 28.4 Å². The second-order valence-corrected chi connectivity index (χ2v) is 7.40. The summed E-state index contributed by atoms with van der Waals surface area (Å²) in [6.45, 7) is 21.1. The number of esters is 1. The zero-order chi connectivity index (χ0) is 22.2. The molecule has 0 heterocycles. The molecule has 5 unspecified atom stereocenters. The molecule has 0 aliphatic carbocycles. The van der Waals surface area contributed by atoms with Crippen LogP contribution in [0.4, 0.5) is 0 Å². The third-order valence-electron chi connectivity index (χ3n) is 3.71. The second-order valence-electron chi connectivity index (χ2n) is 7.40. The summed E-state index contributed by atoms with van der Waals surface area (Å²) in [6.07, 6.45) is 1.14. The van der Waals surface area contributed by atoms with E-state index in [1.165, 1.54) is 0 Å². The Morgan fingerprint density at radius 1 is 0.759 bits per heavy atom. The average Bonchev–Trinajstić information content (AvgIpc) is 2.67. The van der Waals surface area contributed by atoms with Gasteiger partial charge in [0.2, 0.25) is 0 Å². The van der Waals surface area contributed by atoms with Crippen LogP contribution in [-0.4, -0.2) is 76.1 Å². The van der Waals surface area contributed by atoms with Crippen molar-refractivity contribution in [3.63, 3.8) is 0 Å². The minimum atomic E-state index is -0.410. The molecule has 0 aromatic carbocycles. The fourth-order valence-corrected chi connectivity index (χ4v) is 2.03. The second kappa shape index (κ2) is 16.5. The first-order valence-corrected chi connectivity index (χ1v) is 10.2. The van der Waals surface area contributed by atoms with E-state index >= 15 is 0 Å². The maximum Gasteiger partial charge on any atom is 0.333 e. The van der Waals surface area contributed by atoms with E-state index in [0.717, 1.165) is 0 Å². The minimum Gasteiger partial charge on any atom is -0.457 e. The lowest BCUT2D eigenvalue weighted by Crippen LogP contribution is -2.29. The van der Waals surface area contributed by atoms with E-state index in [-0.39, 0.29) is 30.5 Å². The molecule has 0 fully saturated rings. The predicted molar refractivity (Wildman–Crippen MR) is 113 cm³/mol. The molecule has 0 spiro atoms. The molecule has 0 amide bonds. The van der Waals surface area contributed by atoms with Crippen LogP contribution in [0.2, 0.25) is 0 Å². The van der Waals surface area contributed by atoms with E-state index in [0.29, 0.717) is 45.2 Å². The number of carbonyl (C=O) groups excluding carboxylic acids is 1. The van der Waals surface area contributed by atoms with Crippen LogP contribution in [0.3, 0.4) is 0 Å². The Bertz CT molecular complexity index is 466. The number of hydrogen-bond acceptors (Lipinski definition) is 7. The third-order valence-corrected chi connectivity index (χ3v) is 3.71. The summed E-state index contributed by atoms with van der Waals surface area (Å²) in [4.78, 5) is 11.4. The molecule has 0 radical (unpaired) electrons. The van der Waals surface area contributed by atoms with Gasteiger partial charge in [-0.15, -0.1) is 6.58 Å². The average molecular weight is 417 g/mol. The lowest BCUT2D eigenvalue weighted by Gasteiger charge is -2.22.